The molecule has 1 aliphatic rings. The lowest BCUT2D eigenvalue weighted by Gasteiger charge is -2.34. The molecule has 148 valence electrons. The van der Waals surface area contributed by atoms with Crippen LogP contribution >= 0.6 is 0 Å². The minimum absolute atomic E-state index is 0.0940. The standard InChI is InChI=1S/C24H31N3O/c1-20-10-11-23(19-21(20)2)25-24(28)12-14-27-17-15-26(16-18-27)13-6-9-22-7-4-3-5-8-22/h3-11,19H,12-18H2,1-2H3,(H,25,28). The maximum Gasteiger partial charge on any atom is 0.225 e. The van der Waals surface area contributed by atoms with Crippen molar-refractivity contribution in [2.45, 2.75) is 20.3 Å². The van der Waals surface area contributed by atoms with E-state index in [4.69, 9.17) is 0 Å². The van der Waals surface area contributed by atoms with E-state index in [1.807, 2.05) is 18.2 Å². The highest BCUT2D eigenvalue weighted by molar-refractivity contribution is 5.90. The van der Waals surface area contributed by atoms with Crippen LogP contribution in [0.5, 0.6) is 0 Å². The van der Waals surface area contributed by atoms with E-state index in [1.165, 1.54) is 16.7 Å². The van der Waals surface area contributed by atoms with Crippen LogP contribution in [0.4, 0.5) is 5.69 Å². The zero-order valence-corrected chi connectivity index (χ0v) is 17.0. The summed E-state index contributed by atoms with van der Waals surface area (Å²) in [6.45, 7) is 10.1. The molecule has 1 N–H and O–H groups in total. The quantitative estimate of drug-likeness (QED) is 0.793. The molecule has 2 aromatic carbocycles. The lowest BCUT2D eigenvalue weighted by molar-refractivity contribution is -0.116. The van der Waals surface area contributed by atoms with E-state index >= 15 is 0 Å². The molecule has 4 heteroatoms. The fourth-order valence-electron chi connectivity index (χ4n) is 3.40. The van der Waals surface area contributed by atoms with Crippen molar-refractivity contribution in [1.82, 2.24) is 9.80 Å². The zero-order chi connectivity index (χ0) is 19.8. The van der Waals surface area contributed by atoms with Crippen LogP contribution < -0.4 is 5.32 Å². The summed E-state index contributed by atoms with van der Waals surface area (Å²) in [5.41, 5.74) is 4.59. The number of rotatable bonds is 7. The van der Waals surface area contributed by atoms with E-state index in [0.29, 0.717) is 6.42 Å². The van der Waals surface area contributed by atoms with E-state index in [2.05, 4.69) is 71.4 Å². The van der Waals surface area contributed by atoms with Gasteiger partial charge in [0.05, 0.1) is 0 Å². The number of nitrogens with one attached hydrogen (secondary N) is 1. The maximum absolute atomic E-state index is 12.2. The number of carbonyl (C=O) groups excluding carboxylic acids is 1. The second-order valence-electron chi connectivity index (χ2n) is 7.55. The molecule has 1 fully saturated rings. The van der Waals surface area contributed by atoms with Crippen LogP contribution in [-0.2, 0) is 4.79 Å². The van der Waals surface area contributed by atoms with Gasteiger partial charge in [-0.2, -0.15) is 0 Å². The van der Waals surface area contributed by atoms with Crippen LogP contribution in [0.25, 0.3) is 6.08 Å². The first-order chi connectivity index (χ1) is 13.6. The van der Waals surface area contributed by atoms with Gasteiger partial charge in [0.1, 0.15) is 0 Å². The predicted molar refractivity (Wildman–Crippen MR) is 118 cm³/mol. The molecule has 2 aromatic rings. The van der Waals surface area contributed by atoms with Gasteiger partial charge in [-0.15, -0.1) is 0 Å². The summed E-state index contributed by atoms with van der Waals surface area (Å²) in [5, 5.41) is 3.02. The van der Waals surface area contributed by atoms with Gasteiger partial charge in [0.25, 0.3) is 0 Å². The molecule has 0 atom stereocenters. The van der Waals surface area contributed by atoms with Gasteiger partial charge in [0, 0.05) is 51.4 Å². The number of amides is 1. The van der Waals surface area contributed by atoms with Crippen LogP contribution in [0, 0.1) is 13.8 Å². The van der Waals surface area contributed by atoms with Crippen molar-refractivity contribution in [3.63, 3.8) is 0 Å². The fraction of sp³-hybridized carbons (Fsp3) is 0.375. The molecule has 0 spiro atoms. The molecule has 0 saturated carbocycles. The summed E-state index contributed by atoms with van der Waals surface area (Å²) in [7, 11) is 0. The lowest BCUT2D eigenvalue weighted by Crippen LogP contribution is -2.46. The molecule has 4 nitrogen and oxygen atoms in total. The second kappa shape index (κ2) is 10.2. The summed E-state index contributed by atoms with van der Waals surface area (Å²) in [4.78, 5) is 17.1. The number of benzene rings is 2. The third-order valence-electron chi connectivity index (χ3n) is 5.38. The number of piperazine rings is 1. The Morgan fingerprint density at radius 3 is 2.39 bits per heavy atom. The van der Waals surface area contributed by atoms with Gasteiger partial charge in [-0.25, -0.2) is 0 Å². The van der Waals surface area contributed by atoms with Crippen molar-refractivity contribution in [2.24, 2.45) is 0 Å². The Morgan fingerprint density at radius 1 is 0.964 bits per heavy atom. The van der Waals surface area contributed by atoms with Crippen molar-refractivity contribution >= 4 is 17.7 Å². The highest BCUT2D eigenvalue weighted by Gasteiger charge is 2.16. The fourth-order valence-corrected chi connectivity index (χ4v) is 3.40. The monoisotopic (exact) mass is 377 g/mol. The van der Waals surface area contributed by atoms with Crippen molar-refractivity contribution in [2.75, 3.05) is 44.6 Å². The molecule has 0 radical (unpaired) electrons. The van der Waals surface area contributed by atoms with E-state index in [-0.39, 0.29) is 5.91 Å². The van der Waals surface area contributed by atoms with Crippen molar-refractivity contribution in [1.29, 1.82) is 0 Å². The highest BCUT2D eigenvalue weighted by atomic mass is 16.1. The Balaban J connectivity index is 1.34. The summed E-state index contributed by atoms with van der Waals surface area (Å²) in [6.07, 6.45) is 4.96. The van der Waals surface area contributed by atoms with Gasteiger partial charge in [-0.3, -0.25) is 9.69 Å². The molecule has 0 bridgehead atoms. The van der Waals surface area contributed by atoms with Gasteiger partial charge >= 0.3 is 0 Å². The molecule has 0 unspecified atom stereocenters. The average molecular weight is 378 g/mol. The largest absolute Gasteiger partial charge is 0.326 e. The van der Waals surface area contributed by atoms with Crippen LogP contribution in [0.3, 0.4) is 0 Å². The van der Waals surface area contributed by atoms with Crippen molar-refractivity contribution in [3.8, 4) is 0 Å². The van der Waals surface area contributed by atoms with Gasteiger partial charge in [0.15, 0.2) is 0 Å². The van der Waals surface area contributed by atoms with Crippen LogP contribution in [-0.4, -0.2) is 55.0 Å². The number of anilines is 1. The first-order valence-corrected chi connectivity index (χ1v) is 10.1. The molecule has 0 aromatic heterocycles. The highest BCUT2D eigenvalue weighted by Crippen LogP contribution is 2.14. The Hall–Kier alpha value is -2.43. The lowest BCUT2D eigenvalue weighted by atomic mass is 10.1. The van der Waals surface area contributed by atoms with Crippen LogP contribution in [0.2, 0.25) is 0 Å². The Kier molecular flexibility index (Phi) is 7.40. The number of carbonyl (C=O) groups is 1. The molecule has 1 saturated heterocycles. The molecule has 1 aliphatic heterocycles. The second-order valence-corrected chi connectivity index (χ2v) is 7.55. The Morgan fingerprint density at radius 2 is 1.68 bits per heavy atom. The number of hydrogen-bond donors (Lipinski definition) is 1. The van der Waals surface area contributed by atoms with Crippen molar-refractivity contribution < 1.29 is 4.79 Å². The maximum atomic E-state index is 12.2. The van der Waals surface area contributed by atoms with E-state index in [9.17, 15) is 4.79 Å². The minimum atomic E-state index is 0.0940. The summed E-state index contributed by atoms with van der Waals surface area (Å²) < 4.78 is 0. The molecular weight excluding hydrogens is 346 g/mol. The Bertz CT molecular complexity index is 793. The third kappa shape index (κ3) is 6.32. The normalized spacial score (nSPS) is 15.8. The van der Waals surface area contributed by atoms with Gasteiger partial charge in [-0.05, 0) is 42.7 Å². The average Bonchev–Trinajstić information content (AvgIpc) is 2.71. The van der Waals surface area contributed by atoms with Gasteiger partial charge in [-0.1, -0.05) is 48.6 Å². The van der Waals surface area contributed by atoms with Crippen molar-refractivity contribution in [3.05, 3.63) is 71.3 Å². The molecule has 3 rings (SSSR count). The molecule has 0 aliphatic carbocycles. The molecular formula is C24H31N3O. The smallest absolute Gasteiger partial charge is 0.225 e. The summed E-state index contributed by atoms with van der Waals surface area (Å²) in [6, 6.07) is 16.5. The third-order valence-corrected chi connectivity index (χ3v) is 5.38. The first kappa shape index (κ1) is 20.3. The Labute approximate surface area is 168 Å². The number of hydrogen-bond acceptors (Lipinski definition) is 3. The molecule has 1 amide bonds. The predicted octanol–water partition coefficient (Wildman–Crippen LogP) is 3.96. The van der Waals surface area contributed by atoms with E-state index in [0.717, 1.165) is 45.0 Å². The van der Waals surface area contributed by atoms with E-state index < -0.39 is 0 Å². The molecule has 28 heavy (non-hydrogen) atoms. The molecule has 1 heterocycles. The zero-order valence-electron chi connectivity index (χ0n) is 17.0. The van der Waals surface area contributed by atoms with E-state index in [1.54, 1.807) is 0 Å². The summed E-state index contributed by atoms with van der Waals surface area (Å²) >= 11 is 0. The number of aryl methyl sites for hydroxylation is 2. The van der Waals surface area contributed by atoms with Gasteiger partial charge < -0.3 is 10.2 Å². The van der Waals surface area contributed by atoms with Crippen LogP contribution in [0.1, 0.15) is 23.1 Å². The number of nitrogens with zero attached hydrogens (tertiary/aromatic N) is 2. The summed E-state index contributed by atoms with van der Waals surface area (Å²) in [5.74, 6) is 0.0940. The first-order valence-electron chi connectivity index (χ1n) is 10.1. The SMILES string of the molecule is Cc1ccc(NC(=O)CCN2CCN(CC=Cc3ccccc3)CC2)cc1C. The minimum Gasteiger partial charge on any atom is -0.326 e. The topological polar surface area (TPSA) is 35.6 Å². The van der Waals surface area contributed by atoms with Gasteiger partial charge in [0.2, 0.25) is 5.91 Å². The van der Waals surface area contributed by atoms with Crippen LogP contribution in [0.15, 0.2) is 54.6 Å².